The zero-order valence-corrected chi connectivity index (χ0v) is 34.1. The summed E-state index contributed by atoms with van der Waals surface area (Å²) < 4.78 is 112. The minimum absolute atomic E-state index is 0. The van der Waals surface area contributed by atoms with Crippen LogP contribution in [-0.4, -0.2) is 53.2 Å². The molecule has 16 heteroatoms. The Balaban J connectivity index is 0.000000208. The van der Waals surface area contributed by atoms with Crippen molar-refractivity contribution in [3.63, 3.8) is 0 Å². The SMILES string of the molecule is CC12CCC([C-](C(=O)C(F)(F)F)C1=O)C2(C)C.CC12CCC([C-](C(=O)C(F)(F)F)C1=O)C2(C)C.CC12CCC([C-](C(=O)C(F)(F)F)C1=O)C2(C)C.[Pr+3]. The van der Waals surface area contributed by atoms with Gasteiger partial charge in [0.1, 0.15) is 17.3 Å². The zero-order chi connectivity index (χ0) is 39.7. The molecule has 6 saturated carbocycles. The van der Waals surface area contributed by atoms with Crippen LogP contribution in [0.15, 0.2) is 0 Å². The number of ketones is 6. The first kappa shape index (κ1) is 44.8. The van der Waals surface area contributed by atoms with Crippen LogP contribution in [-0.2, 0) is 28.8 Å². The van der Waals surface area contributed by atoms with Crippen molar-refractivity contribution in [2.45, 2.75) is 119 Å². The Kier molecular flexibility index (Phi) is 11.2. The number of carbonyl (C=O) groups is 6. The van der Waals surface area contributed by atoms with Gasteiger partial charge in [-0.3, -0.25) is 0 Å². The summed E-state index contributed by atoms with van der Waals surface area (Å²) in [5, 5.41) is 0. The molecule has 6 rings (SSSR count). The predicted molar refractivity (Wildman–Crippen MR) is 162 cm³/mol. The van der Waals surface area contributed by atoms with E-state index in [1.165, 1.54) is 0 Å². The first-order valence-corrected chi connectivity index (χ1v) is 16.7. The fourth-order valence-electron chi connectivity index (χ4n) is 9.84. The molecule has 288 valence electrons. The van der Waals surface area contributed by atoms with E-state index in [1.807, 2.05) is 0 Å². The number of fused-ring (bicyclic) bond motifs is 6. The van der Waals surface area contributed by atoms with Gasteiger partial charge in [-0.1, -0.05) is 81.6 Å². The van der Waals surface area contributed by atoms with Gasteiger partial charge in [0.2, 0.25) is 0 Å². The zero-order valence-electron chi connectivity index (χ0n) is 30.4. The predicted octanol–water partition coefficient (Wildman–Crippen LogP) is 8.15. The normalized spacial score (nSPS) is 34.8. The maximum atomic E-state index is 12.5. The van der Waals surface area contributed by atoms with E-state index in [0.29, 0.717) is 38.5 Å². The molecular formula is C36H42F9O6Pr. The molecule has 6 bridgehead atoms. The molecule has 0 heterocycles. The third-order valence-electron chi connectivity index (χ3n) is 14.5. The van der Waals surface area contributed by atoms with E-state index in [9.17, 15) is 68.3 Å². The number of Topliss-reactive ketones (excluding diaryl/α,β-unsaturated/α-hetero) is 6. The summed E-state index contributed by atoms with van der Waals surface area (Å²) in [6.07, 6.45) is -11.6. The van der Waals surface area contributed by atoms with Gasteiger partial charge in [0.15, 0.2) is 0 Å². The molecule has 0 radical (unpaired) electrons. The number of carbonyl (C=O) groups excluding carboxylic acids is 6. The van der Waals surface area contributed by atoms with Crippen LogP contribution in [0.3, 0.4) is 0 Å². The Morgan fingerprint density at radius 2 is 0.635 bits per heavy atom. The largest absolute Gasteiger partial charge is 3.00 e. The molecule has 0 saturated heterocycles. The van der Waals surface area contributed by atoms with E-state index in [0.717, 1.165) is 0 Å². The number of rotatable bonds is 3. The molecule has 0 aromatic heterocycles. The van der Waals surface area contributed by atoms with Crippen molar-refractivity contribution in [3.8, 4) is 0 Å². The van der Waals surface area contributed by atoms with Gasteiger partial charge in [-0.2, -0.15) is 39.5 Å². The van der Waals surface area contributed by atoms with Gasteiger partial charge in [0.25, 0.3) is 0 Å². The summed E-state index contributed by atoms with van der Waals surface area (Å²) in [7, 11) is 0. The van der Waals surface area contributed by atoms with Crippen LogP contribution in [0.1, 0.15) is 101 Å². The molecule has 6 unspecified atom stereocenters. The molecule has 52 heavy (non-hydrogen) atoms. The van der Waals surface area contributed by atoms with Crippen molar-refractivity contribution in [1.29, 1.82) is 0 Å². The van der Waals surface area contributed by atoms with E-state index in [-0.39, 0.29) is 41.3 Å². The Labute approximate surface area is 329 Å². The number of hydrogen-bond acceptors (Lipinski definition) is 6. The molecule has 0 amide bonds. The van der Waals surface area contributed by atoms with Gasteiger partial charge in [-0.15, -0.1) is 17.8 Å². The van der Waals surface area contributed by atoms with Crippen LogP contribution in [0.2, 0.25) is 0 Å². The van der Waals surface area contributed by atoms with Crippen molar-refractivity contribution >= 4 is 34.7 Å². The van der Waals surface area contributed by atoms with Crippen molar-refractivity contribution in [1.82, 2.24) is 0 Å². The summed E-state index contributed by atoms with van der Waals surface area (Å²) in [5.74, 6) is -10.8. The first-order valence-electron chi connectivity index (χ1n) is 16.7. The quantitative estimate of drug-likeness (QED) is 0.210. The van der Waals surface area contributed by atoms with Gasteiger partial charge in [-0.05, 0) is 35.5 Å². The standard InChI is InChI=1S/3C12H14F3O2.Pr/c3*1-10(2)6-4-5-11(10,3)8(16)7(6)9(17)12(13,14)15;/h3*6H,4-5H2,1-3H3;/q3*-1;+3. The fraction of sp³-hybridized carbons (Fsp3) is 0.750. The molecule has 6 atom stereocenters. The molecule has 0 aliphatic heterocycles. The molecule has 0 spiro atoms. The second-order valence-electron chi connectivity index (χ2n) is 17.1. The van der Waals surface area contributed by atoms with Crippen molar-refractivity contribution in [2.75, 3.05) is 0 Å². The van der Waals surface area contributed by atoms with E-state index in [4.69, 9.17) is 0 Å². The van der Waals surface area contributed by atoms with E-state index < -0.39 is 121 Å². The van der Waals surface area contributed by atoms with E-state index in [2.05, 4.69) is 0 Å². The van der Waals surface area contributed by atoms with Gasteiger partial charge >= 0.3 is 59.8 Å². The van der Waals surface area contributed by atoms with Crippen LogP contribution in [0.5, 0.6) is 0 Å². The third-order valence-corrected chi connectivity index (χ3v) is 14.5. The summed E-state index contributed by atoms with van der Waals surface area (Å²) in [5.41, 5.74) is -4.10. The molecule has 0 aromatic carbocycles. The number of halogens is 9. The fourth-order valence-corrected chi connectivity index (χ4v) is 9.84. The van der Waals surface area contributed by atoms with Crippen LogP contribution >= 0.6 is 0 Å². The van der Waals surface area contributed by atoms with Crippen molar-refractivity contribution < 1.29 is 110 Å². The first-order chi connectivity index (χ1) is 22.6. The summed E-state index contributed by atoms with van der Waals surface area (Å²) >= 11 is 0. The minimum Gasteiger partial charge on any atom is -0.333 e. The van der Waals surface area contributed by atoms with Crippen LogP contribution in [0.25, 0.3) is 0 Å². The average molecular weight is 883 g/mol. The molecule has 6 aliphatic carbocycles. The molecule has 0 N–H and O–H groups in total. The summed E-state index contributed by atoms with van der Waals surface area (Å²) in [6, 6.07) is 0. The number of alkyl halides is 9. The Hall–Kier alpha value is -1.64. The van der Waals surface area contributed by atoms with Crippen LogP contribution < -0.4 is 0 Å². The monoisotopic (exact) mass is 882 g/mol. The molecule has 6 fully saturated rings. The molecule has 6 nitrogen and oxygen atoms in total. The summed E-state index contributed by atoms with van der Waals surface area (Å²) in [4.78, 5) is 70.0. The van der Waals surface area contributed by atoms with E-state index >= 15 is 0 Å². The van der Waals surface area contributed by atoms with Gasteiger partial charge in [0.05, 0.1) is 0 Å². The number of hydrogen-bond donors (Lipinski definition) is 0. The third kappa shape index (κ3) is 6.10. The molecule has 6 aliphatic rings. The maximum Gasteiger partial charge on any atom is 3.00 e. The van der Waals surface area contributed by atoms with Gasteiger partial charge < -0.3 is 28.8 Å². The van der Waals surface area contributed by atoms with Crippen molar-refractivity contribution in [3.05, 3.63) is 17.8 Å². The second kappa shape index (κ2) is 13.0. The van der Waals surface area contributed by atoms with Crippen LogP contribution in [0.4, 0.5) is 39.5 Å². The average Bonchev–Trinajstić information content (AvgIpc) is 3.59. The van der Waals surface area contributed by atoms with Gasteiger partial charge in [-0.25, -0.2) is 17.8 Å². The summed E-state index contributed by atoms with van der Waals surface area (Å²) in [6.45, 7) is 15.7. The topological polar surface area (TPSA) is 102 Å². The van der Waals surface area contributed by atoms with Gasteiger partial charge in [0, 0.05) is 33.6 Å². The molecular weight excluding hydrogens is 840 g/mol. The smallest absolute Gasteiger partial charge is 0.333 e. The Morgan fingerprint density at radius 3 is 0.750 bits per heavy atom. The Morgan fingerprint density at radius 1 is 0.462 bits per heavy atom. The molecule has 0 aromatic rings. The van der Waals surface area contributed by atoms with E-state index in [1.54, 1.807) is 62.3 Å². The minimum atomic E-state index is -4.94. The Bertz CT molecular complexity index is 1380. The maximum absolute atomic E-state index is 12.5. The van der Waals surface area contributed by atoms with Crippen molar-refractivity contribution in [2.24, 2.45) is 50.2 Å². The van der Waals surface area contributed by atoms with Crippen LogP contribution in [0, 0.1) is 109 Å². The second-order valence-corrected chi connectivity index (χ2v) is 17.1.